The lowest BCUT2D eigenvalue weighted by Gasteiger charge is -2.19. The van der Waals surface area contributed by atoms with Gasteiger partial charge >= 0.3 is 0 Å². The van der Waals surface area contributed by atoms with Crippen molar-refractivity contribution >= 4 is 17.6 Å². The lowest BCUT2D eigenvalue weighted by molar-refractivity contribution is -0.116. The van der Waals surface area contributed by atoms with E-state index in [-0.39, 0.29) is 17.1 Å². The zero-order chi connectivity index (χ0) is 22.3. The number of carbonyl (C=O) groups is 1. The molecule has 2 aromatic rings. The number of aliphatic imine (C=N–C) groups is 1. The average Bonchev–Trinajstić information content (AvgIpc) is 3.51. The fraction of sp³-hybridized carbons (Fsp3) is 0.417. The van der Waals surface area contributed by atoms with Gasteiger partial charge in [-0.1, -0.05) is 24.3 Å². The first kappa shape index (κ1) is 22.7. The zero-order valence-electron chi connectivity index (χ0n) is 18.5. The minimum Gasteiger partial charge on any atom is -0.357 e. The average molecular weight is 426 g/mol. The number of hydrogen-bond acceptors (Lipinski definition) is 3. The van der Waals surface area contributed by atoms with Crippen molar-refractivity contribution in [1.82, 2.24) is 15.5 Å². The number of likely N-dealkylation sites (N-methyl/N-ethyl adjacent to an activating group) is 1. The minimum absolute atomic E-state index is 0.0189. The van der Waals surface area contributed by atoms with Crippen LogP contribution in [-0.4, -0.2) is 50.5 Å². The molecule has 1 fully saturated rings. The molecule has 7 heteroatoms. The quantitative estimate of drug-likeness (QED) is 0.427. The molecular formula is C24H32FN5O. The number of amides is 1. The molecule has 0 atom stereocenters. The van der Waals surface area contributed by atoms with Gasteiger partial charge in [0.1, 0.15) is 5.82 Å². The third-order valence-electron chi connectivity index (χ3n) is 5.32. The summed E-state index contributed by atoms with van der Waals surface area (Å²) < 4.78 is 13.6. The van der Waals surface area contributed by atoms with Crippen LogP contribution in [0.4, 0.5) is 10.1 Å². The van der Waals surface area contributed by atoms with Crippen molar-refractivity contribution in [2.45, 2.75) is 31.7 Å². The molecule has 1 saturated carbocycles. The predicted molar refractivity (Wildman–Crippen MR) is 124 cm³/mol. The highest BCUT2D eigenvalue weighted by Gasteiger charge is 2.44. The normalized spacial score (nSPS) is 14.9. The van der Waals surface area contributed by atoms with E-state index >= 15 is 0 Å². The number of hydrogen-bond donors (Lipinski definition) is 3. The highest BCUT2D eigenvalue weighted by molar-refractivity contribution is 5.92. The van der Waals surface area contributed by atoms with E-state index in [1.165, 1.54) is 6.07 Å². The second-order valence-corrected chi connectivity index (χ2v) is 8.33. The van der Waals surface area contributed by atoms with E-state index in [1.807, 2.05) is 56.3 Å². The van der Waals surface area contributed by atoms with E-state index in [0.717, 1.165) is 42.2 Å². The molecule has 6 nitrogen and oxygen atoms in total. The van der Waals surface area contributed by atoms with Gasteiger partial charge < -0.3 is 20.9 Å². The molecule has 0 saturated heterocycles. The van der Waals surface area contributed by atoms with Crippen LogP contribution in [0.15, 0.2) is 53.5 Å². The second kappa shape index (κ2) is 10.4. The molecule has 0 heterocycles. The number of benzene rings is 2. The van der Waals surface area contributed by atoms with Crippen LogP contribution in [0.1, 0.15) is 30.9 Å². The number of anilines is 1. The summed E-state index contributed by atoms with van der Waals surface area (Å²) in [4.78, 5) is 18.5. The summed E-state index contributed by atoms with van der Waals surface area (Å²) in [5.74, 6) is 0.488. The number of nitrogens with one attached hydrogen (secondary N) is 3. The fourth-order valence-electron chi connectivity index (χ4n) is 3.54. The summed E-state index contributed by atoms with van der Waals surface area (Å²) in [6, 6.07) is 14.6. The first-order valence-electron chi connectivity index (χ1n) is 10.7. The van der Waals surface area contributed by atoms with Crippen molar-refractivity contribution in [1.29, 1.82) is 0 Å². The summed E-state index contributed by atoms with van der Waals surface area (Å²) in [5.41, 5.74) is 2.79. The van der Waals surface area contributed by atoms with Crippen LogP contribution < -0.4 is 16.0 Å². The Labute approximate surface area is 183 Å². The Morgan fingerprint density at radius 3 is 2.58 bits per heavy atom. The van der Waals surface area contributed by atoms with E-state index in [0.29, 0.717) is 19.6 Å². The Hall–Kier alpha value is -2.93. The SMILES string of the molecule is CCNC(=NCc1cccc(NC(=O)CN(C)C)c1)NCC1(c2cccc(F)c2)CC1. The number of rotatable bonds is 9. The Morgan fingerprint density at radius 2 is 1.90 bits per heavy atom. The largest absolute Gasteiger partial charge is 0.357 e. The Morgan fingerprint density at radius 1 is 1.13 bits per heavy atom. The van der Waals surface area contributed by atoms with E-state index in [2.05, 4.69) is 16.0 Å². The van der Waals surface area contributed by atoms with Crippen molar-refractivity contribution in [2.24, 2.45) is 4.99 Å². The Balaban J connectivity index is 1.61. The molecule has 1 aliphatic carbocycles. The van der Waals surface area contributed by atoms with Gasteiger partial charge in [0.05, 0.1) is 13.1 Å². The van der Waals surface area contributed by atoms with Crippen LogP contribution in [0.3, 0.4) is 0 Å². The summed E-state index contributed by atoms with van der Waals surface area (Å²) in [6.07, 6.45) is 2.08. The fourth-order valence-corrected chi connectivity index (χ4v) is 3.54. The predicted octanol–water partition coefficient (Wildman–Crippen LogP) is 3.11. The maximum atomic E-state index is 13.6. The third kappa shape index (κ3) is 6.79. The topological polar surface area (TPSA) is 68.8 Å². The zero-order valence-corrected chi connectivity index (χ0v) is 18.5. The van der Waals surface area contributed by atoms with Crippen LogP contribution in [0.2, 0.25) is 0 Å². The van der Waals surface area contributed by atoms with Gasteiger partial charge in [0.25, 0.3) is 0 Å². The second-order valence-electron chi connectivity index (χ2n) is 8.33. The summed E-state index contributed by atoms with van der Waals surface area (Å²) in [5, 5.41) is 9.61. The molecule has 0 unspecified atom stereocenters. The smallest absolute Gasteiger partial charge is 0.238 e. The van der Waals surface area contributed by atoms with Crippen LogP contribution >= 0.6 is 0 Å². The molecule has 1 amide bonds. The standard InChI is InChI=1S/C24H32FN5O/c1-4-26-23(28-17-24(11-12-24)19-8-6-9-20(25)14-19)27-15-18-7-5-10-21(13-18)29-22(31)16-30(2)3/h5-10,13-14H,4,11-12,15-17H2,1-3H3,(H,29,31)(H2,26,27,28). The van der Waals surface area contributed by atoms with Crippen LogP contribution in [0.5, 0.6) is 0 Å². The minimum atomic E-state index is -0.193. The molecule has 0 bridgehead atoms. The third-order valence-corrected chi connectivity index (χ3v) is 5.32. The van der Waals surface area contributed by atoms with Gasteiger partial charge in [-0.25, -0.2) is 9.38 Å². The van der Waals surface area contributed by atoms with Crippen molar-refractivity contribution < 1.29 is 9.18 Å². The van der Waals surface area contributed by atoms with Gasteiger partial charge in [0.15, 0.2) is 5.96 Å². The Kier molecular flexibility index (Phi) is 7.63. The molecule has 0 aromatic heterocycles. The van der Waals surface area contributed by atoms with Crippen LogP contribution in [0, 0.1) is 5.82 Å². The highest BCUT2D eigenvalue weighted by Crippen LogP contribution is 2.47. The number of guanidine groups is 1. The lowest BCUT2D eigenvalue weighted by Crippen LogP contribution is -2.41. The van der Waals surface area contributed by atoms with Crippen molar-refractivity contribution in [3.8, 4) is 0 Å². The molecule has 3 rings (SSSR count). The molecule has 0 aliphatic heterocycles. The first-order valence-corrected chi connectivity index (χ1v) is 10.7. The van der Waals surface area contributed by atoms with Gasteiger partial charge in [-0.05, 0) is 69.3 Å². The number of nitrogens with zero attached hydrogens (tertiary/aromatic N) is 2. The number of halogens is 1. The highest BCUT2D eigenvalue weighted by atomic mass is 19.1. The maximum Gasteiger partial charge on any atom is 0.238 e. The maximum absolute atomic E-state index is 13.6. The Bertz CT molecular complexity index is 924. The van der Waals surface area contributed by atoms with Crippen molar-refractivity contribution in [3.63, 3.8) is 0 Å². The van der Waals surface area contributed by atoms with Gasteiger partial charge in [0.2, 0.25) is 5.91 Å². The summed E-state index contributed by atoms with van der Waals surface area (Å²) in [7, 11) is 3.72. The van der Waals surface area contributed by atoms with Gasteiger partial charge in [-0.15, -0.1) is 0 Å². The summed E-state index contributed by atoms with van der Waals surface area (Å²) in [6.45, 7) is 4.31. The van der Waals surface area contributed by atoms with Crippen LogP contribution in [-0.2, 0) is 16.8 Å². The monoisotopic (exact) mass is 425 g/mol. The number of carbonyl (C=O) groups excluding carboxylic acids is 1. The molecule has 166 valence electrons. The van der Waals surface area contributed by atoms with E-state index in [1.54, 1.807) is 12.1 Å². The molecular weight excluding hydrogens is 393 g/mol. The first-order chi connectivity index (χ1) is 14.9. The molecule has 31 heavy (non-hydrogen) atoms. The van der Waals surface area contributed by atoms with Crippen molar-refractivity contribution in [2.75, 3.05) is 39.0 Å². The molecule has 1 aliphatic rings. The molecule has 3 N–H and O–H groups in total. The van der Waals surface area contributed by atoms with Gasteiger partial charge in [0, 0.05) is 24.2 Å². The van der Waals surface area contributed by atoms with Gasteiger partial charge in [-0.2, -0.15) is 0 Å². The van der Waals surface area contributed by atoms with E-state index in [4.69, 9.17) is 4.99 Å². The summed E-state index contributed by atoms with van der Waals surface area (Å²) >= 11 is 0. The molecule has 0 spiro atoms. The van der Waals surface area contributed by atoms with E-state index in [9.17, 15) is 9.18 Å². The lowest BCUT2D eigenvalue weighted by atomic mass is 9.96. The van der Waals surface area contributed by atoms with Gasteiger partial charge in [-0.3, -0.25) is 4.79 Å². The molecule has 0 radical (unpaired) electrons. The van der Waals surface area contributed by atoms with E-state index < -0.39 is 0 Å². The molecule has 2 aromatic carbocycles. The van der Waals surface area contributed by atoms with Crippen LogP contribution in [0.25, 0.3) is 0 Å². The van der Waals surface area contributed by atoms with Crippen molar-refractivity contribution in [3.05, 3.63) is 65.5 Å².